The van der Waals surface area contributed by atoms with Crippen LogP contribution in [0.3, 0.4) is 0 Å². The van der Waals surface area contributed by atoms with E-state index in [0.29, 0.717) is 37.4 Å². The molecule has 2 aromatic carbocycles. The van der Waals surface area contributed by atoms with Crippen molar-refractivity contribution in [3.05, 3.63) is 76.9 Å². The van der Waals surface area contributed by atoms with Crippen LogP contribution in [0.25, 0.3) is 0 Å². The Labute approximate surface area is 208 Å². The maximum atomic E-state index is 11.4. The third-order valence-electron chi connectivity index (χ3n) is 5.51. The largest absolute Gasteiger partial charge is 0.303 e. The predicted octanol–water partition coefficient (Wildman–Crippen LogP) is 3.67. The van der Waals surface area contributed by atoms with Crippen LogP contribution in [0.1, 0.15) is 19.8 Å². The fourth-order valence-corrected chi connectivity index (χ4v) is 3.50. The number of rotatable bonds is 9. The second-order valence-electron chi connectivity index (χ2n) is 7.71. The molecule has 1 saturated heterocycles. The summed E-state index contributed by atoms with van der Waals surface area (Å²) in [7, 11) is 0. The molecule has 1 heterocycles. The maximum absolute atomic E-state index is 11.4. The molecule has 0 amide bonds. The van der Waals surface area contributed by atoms with Crippen molar-refractivity contribution in [3.63, 3.8) is 0 Å². The molecule has 1 fully saturated rings. The van der Waals surface area contributed by atoms with Gasteiger partial charge in [0.15, 0.2) is 0 Å². The zero-order chi connectivity index (χ0) is 27.1. The van der Waals surface area contributed by atoms with Gasteiger partial charge in [-0.3, -0.25) is 51.3 Å². The summed E-state index contributed by atoms with van der Waals surface area (Å²) < 4.78 is 0. The Bertz CT molecular complexity index is 1210. The topological polar surface area (TPSA) is 225 Å². The lowest BCUT2D eigenvalue weighted by Crippen LogP contribution is -2.24. The van der Waals surface area contributed by atoms with Gasteiger partial charge in [0.25, 0.3) is 11.4 Å². The SMILES string of the molecule is CCN1CCC(=N\Nc2ccc([N+](=O)[O-])cc2[N+](=O)[O-])/C(=N/Nc2ccc([N+](=O)[O-])cc2[N+](=O)[O-])CC1. The molecule has 0 aromatic heterocycles. The molecule has 0 aliphatic carbocycles. The number of likely N-dealkylation sites (tertiary alicyclic amines) is 1. The van der Waals surface area contributed by atoms with Crippen molar-refractivity contribution in [1.29, 1.82) is 0 Å². The second kappa shape index (κ2) is 11.6. The molecular weight excluding hydrogens is 494 g/mol. The third-order valence-corrected chi connectivity index (χ3v) is 5.51. The first-order chi connectivity index (χ1) is 17.6. The molecule has 0 atom stereocenters. The highest BCUT2D eigenvalue weighted by Crippen LogP contribution is 2.30. The Morgan fingerprint density at radius 3 is 1.46 bits per heavy atom. The fourth-order valence-electron chi connectivity index (χ4n) is 3.50. The summed E-state index contributed by atoms with van der Waals surface area (Å²) in [6, 6.07) is 6.18. The minimum atomic E-state index is -0.772. The van der Waals surface area contributed by atoms with Gasteiger partial charge < -0.3 is 4.90 Å². The maximum Gasteiger partial charge on any atom is 0.301 e. The van der Waals surface area contributed by atoms with Crippen molar-refractivity contribution in [2.24, 2.45) is 10.2 Å². The highest BCUT2D eigenvalue weighted by atomic mass is 16.6. The van der Waals surface area contributed by atoms with Crippen LogP contribution in [0.15, 0.2) is 46.6 Å². The van der Waals surface area contributed by atoms with E-state index in [1.54, 1.807) is 0 Å². The average molecular weight is 515 g/mol. The molecule has 0 spiro atoms. The van der Waals surface area contributed by atoms with Gasteiger partial charge in [-0.15, -0.1) is 0 Å². The molecule has 2 aromatic rings. The van der Waals surface area contributed by atoms with Crippen LogP contribution >= 0.6 is 0 Å². The van der Waals surface area contributed by atoms with E-state index in [2.05, 4.69) is 26.0 Å². The number of hydrogen-bond donors (Lipinski definition) is 2. The monoisotopic (exact) mass is 515 g/mol. The van der Waals surface area contributed by atoms with Crippen LogP contribution in [0.4, 0.5) is 34.1 Å². The summed E-state index contributed by atoms with van der Waals surface area (Å²) in [6.45, 7) is 3.89. The second-order valence-corrected chi connectivity index (χ2v) is 7.71. The lowest BCUT2D eigenvalue weighted by atomic mass is 10.1. The molecule has 1 aliphatic rings. The Kier molecular flexibility index (Phi) is 8.31. The smallest absolute Gasteiger partial charge is 0.301 e. The molecule has 0 bridgehead atoms. The molecule has 1 aliphatic heterocycles. The van der Waals surface area contributed by atoms with E-state index in [4.69, 9.17) is 0 Å². The third kappa shape index (κ3) is 6.54. The summed E-state index contributed by atoms with van der Waals surface area (Å²) in [5.41, 5.74) is 3.85. The first-order valence-corrected chi connectivity index (χ1v) is 10.8. The Hall–Kier alpha value is -5.06. The minimum absolute atomic E-state index is 0.0713. The van der Waals surface area contributed by atoms with E-state index >= 15 is 0 Å². The number of benzene rings is 2. The Balaban J connectivity index is 1.95. The highest BCUT2D eigenvalue weighted by molar-refractivity contribution is 6.42. The number of nitro benzene ring substituents is 4. The van der Waals surface area contributed by atoms with Crippen LogP contribution in [0.2, 0.25) is 0 Å². The average Bonchev–Trinajstić information content (AvgIpc) is 3.07. The van der Waals surface area contributed by atoms with Gasteiger partial charge in [0, 0.05) is 38.1 Å². The first-order valence-electron chi connectivity index (χ1n) is 10.8. The summed E-state index contributed by atoms with van der Waals surface area (Å²) in [5, 5.41) is 53.3. The van der Waals surface area contributed by atoms with Crippen molar-refractivity contribution in [3.8, 4) is 0 Å². The number of hydrazone groups is 2. The van der Waals surface area contributed by atoms with Gasteiger partial charge in [-0.25, -0.2) is 0 Å². The van der Waals surface area contributed by atoms with Gasteiger partial charge in [0.2, 0.25) is 0 Å². The number of non-ortho nitro benzene ring substituents is 2. The quantitative estimate of drug-likeness (QED) is 0.362. The van der Waals surface area contributed by atoms with Crippen LogP contribution in [-0.4, -0.2) is 55.7 Å². The molecule has 37 heavy (non-hydrogen) atoms. The number of nitrogens with one attached hydrogen (secondary N) is 2. The minimum Gasteiger partial charge on any atom is -0.303 e. The van der Waals surface area contributed by atoms with Crippen molar-refractivity contribution in [1.82, 2.24) is 4.90 Å². The molecule has 3 rings (SSSR count). The van der Waals surface area contributed by atoms with E-state index in [-0.39, 0.29) is 11.4 Å². The van der Waals surface area contributed by atoms with Crippen LogP contribution in [-0.2, 0) is 0 Å². The van der Waals surface area contributed by atoms with Crippen LogP contribution < -0.4 is 10.9 Å². The number of anilines is 2. The lowest BCUT2D eigenvalue weighted by molar-refractivity contribution is -0.393. The zero-order valence-electron chi connectivity index (χ0n) is 19.4. The number of hydrogen-bond acceptors (Lipinski definition) is 13. The van der Waals surface area contributed by atoms with E-state index in [1.807, 2.05) is 6.92 Å². The predicted molar refractivity (Wildman–Crippen MR) is 133 cm³/mol. The number of nitrogens with zero attached hydrogens (tertiary/aromatic N) is 7. The number of nitro groups is 4. The molecule has 194 valence electrons. The van der Waals surface area contributed by atoms with Gasteiger partial charge in [-0.05, 0) is 18.7 Å². The summed E-state index contributed by atoms with van der Waals surface area (Å²) in [5.74, 6) is 0. The van der Waals surface area contributed by atoms with Crippen molar-refractivity contribution < 1.29 is 19.7 Å². The van der Waals surface area contributed by atoms with E-state index in [0.717, 1.165) is 30.8 Å². The Morgan fingerprint density at radius 2 is 1.14 bits per heavy atom. The molecular formula is C20H21N9O8. The Morgan fingerprint density at radius 1 is 0.730 bits per heavy atom. The van der Waals surface area contributed by atoms with Gasteiger partial charge in [0.1, 0.15) is 11.4 Å². The van der Waals surface area contributed by atoms with E-state index in [9.17, 15) is 40.5 Å². The molecule has 2 N–H and O–H groups in total. The van der Waals surface area contributed by atoms with Crippen LogP contribution in [0, 0.1) is 40.5 Å². The van der Waals surface area contributed by atoms with Gasteiger partial charge in [-0.1, -0.05) is 6.92 Å². The zero-order valence-corrected chi connectivity index (χ0v) is 19.4. The molecule has 0 unspecified atom stereocenters. The summed E-state index contributed by atoms with van der Waals surface area (Å²) in [6.07, 6.45) is 0.759. The fraction of sp³-hybridized carbons (Fsp3) is 0.300. The molecule has 17 nitrogen and oxygen atoms in total. The van der Waals surface area contributed by atoms with E-state index < -0.39 is 42.4 Å². The summed E-state index contributed by atoms with van der Waals surface area (Å²) >= 11 is 0. The lowest BCUT2D eigenvalue weighted by Gasteiger charge is -2.15. The van der Waals surface area contributed by atoms with Crippen molar-refractivity contribution >= 4 is 45.5 Å². The van der Waals surface area contributed by atoms with E-state index in [1.165, 1.54) is 12.1 Å². The van der Waals surface area contributed by atoms with Gasteiger partial charge in [0.05, 0.1) is 43.2 Å². The normalized spacial score (nSPS) is 16.2. The molecule has 0 radical (unpaired) electrons. The van der Waals surface area contributed by atoms with Crippen molar-refractivity contribution in [2.45, 2.75) is 19.8 Å². The highest BCUT2D eigenvalue weighted by Gasteiger charge is 2.23. The molecule has 0 saturated carbocycles. The van der Waals surface area contributed by atoms with Crippen LogP contribution in [0.5, 0.6) is 0 Å². The standard InChI is InChI=1S/C20H21N9O8/c1-2-25-9-7-15(21-23-17-5-3-13(26(30)31)11-19(17)28(34)35)16(8-10-25)22-24-18-6-4-14(27(32)33)12-20(18)29(36)37/h3-6,11-12,23-24H,2,7-10H2,1H3/b21-15+,22-16+. The van der Waals surface area contributed by atoms with Gasteiger partial charge >= 0.3 is 11.4 Å². The van der Waals surface area contributed by atoms with Crippen molar-refractivity contribution in [2.75, 3.05) is 30.5 Å². The molecule has 17 heteroatoms. The summed E-state index contributed by atoms with van der Waals surface area (Å²) in [4.78, 5) is 43.8. The van der Waals surface area contributed by atoms with Gasteiger partial charge in [-0.2, -0.15) is 10.2 Å². The first kappa shape index (κ1) is 26.5.